The molecule has 0 spiro atoms. The number of carbonyl (C=O) groups is 1. The maximum absolute atomic E-state index is 12.1. The molecule has 0 saturated heterocycles. The first-order chi connectivity index (χ1) is 8.09. The first kappa shape index (κ1) is 12.2. The number of hydrogen-bond acceptors (Lipinski definition) is 3. The Morgan fingerprint density at radius 1 is 1.65 bits per heavy atom. The van der Waals surface area contributed by atoms with E-state index in [1.54, 1.807) is 6.26 Å². The molecule has 1 amide bonds. The zero-order valence-electron chi connectivity index (χ0n) is 10.2. The van der Waals surface area contributed by atoms with Gasteiger partial charge < -0.3 is 15.5 Å². The number of carbonyl (C=O) groups excluding carboxylic acids is 1. The molecular formula is C13H20N2O2. The molecule has 4 nitrogen and oxygen atoms in total. The lowest BCUT2D eigenvalue weighted by atomic mass is 9.74. The van der Waals surface area contributed by atoms with Gasteiger partial charge in [0.05, 0.1) is 18.7 Å². The van der Waals surface area contributed by atoms with E-state index in [0.29, 0.717) is 6.54 Å². The van der Waals surface area contributed by atoms with Gasteiger partial charge in [-0.15, -0.1) is 0 Å². The summed E-state index contributed by atoms with van der Waals surface area (Å²) < 4.78 is 5.18. The Bertz CT molecular complexity index is 371. The molecule has 0 aromatic carbocycles. The van der Waals surface area contributed by atoms with Crippen molar-refractivity contribution in [2.45, 2.75) is 44.7 Å². The molecule has 1 heterocycles. The van der Waals surface area contributed by atoms with Crippen molar-refractivity contribution < 1.29 is 9.21 Å². The quantitative estimate of drug-likeness (QED) is 0.841. The average molecular weight is 236 g/mol. The van der Waals surface area contributed by atoms with Gasteiger partial charge in [0.2, 0.25) is 5.91 Å². The van der Waals surface area contributed by atoms with Gasteiger partial charge in [-0.25, -0.2) is 0 Å². The van der Waals surface area contributed by atoms with Crippen LogP contribution in [0.5, 0.6) is 0 Å². The molecule has 2 unspecified atom stereocenters. The summed E-state index contributed by atoms with van der Waals surface area (Å²) in [4.78, 5) is 12.1. The van der Waals surface area contributed by atoms with Gasteiger partial charge in [-0.1, -0.05) is 12.8 Å². The molecule has 4 heteroatoms. The Labute approximate surface area is 102 Å². The maximum Gasteiger partial charge on any atom is 0.225 e. The SMILES string of the molecule is CC1(N)CCCCC1C(=O)NCc1ccco1. The first-order valence-corrected chi connectivity index (χ1v) is 6.18. The summed E-state index contributed by atoms with van der Waals surface area (Å²) in [5, 5.41) is 2.90. The fourth-order valence-electron chi connectivity index (χ4n) is 2.50. The molecule has 17 heavy (non-hydrogen) atoms. The van der Waals surface area contributed by atoms with Crippen molar-refractivity contribution in [1.82, 2.24) is 5.32 Å². The van der Waals surface area contributed by atoms with Gasteiger partial charge in [0.1, 0.15) is 5.76 Å². The van der Waals surface area contributed by atoms with Gasteiger partial charge in [-0.2, -0.15) is 0 Å². The van der Waals surface area contributed by atoms with E-state index in [4.69, 9.17) is 10.2 Å². The molecule has 1 saturated carbocycles. The largest absolute Gasteiger partial charge is 0.467 e. The van der Waals surface area contributed by atoms with Gasteiger partial charge in [0.15, 0.2) is 0 Å². The van der Waals surface area contributed by atoms with Crippen LogP contribution < -0.4 is 11.1 Å². The summed E-state index contributed by atoms with van der Waals surface area (Å²) in [5.74, 6) is 0.741. The third kappa shape index (κ3) is 2.88. The van der Waals surface area contributed by atoms with Crippen molar-refractivity contribution in [3.05, 3.63) is 24.2 Å². The topological polar surface area (TPSA) is 68.3 Å². The molecule has 1 aromatic rings. The minimum atomic E-state index is -0.370. The van der Waals surface area contributed by atoms with Crippen molar-refractivity contribution in [1.29, 1.82) is 0 Å². The highest BCUT2D eigenvalue weighted by atomic mass is 16.3. The van der Waals surface area contributed by atoms with Crippen LogP contribution in [0.4, 0.5) is 0 Å². The first-order valence-electron chi connectivity index (χ1n) is 6.18. The highest BCUT2D eigenvalue weighted by Gasteiger charge is 2.37. The van der Waals surface area contributed by atoms with Gasteiger partial charge in [0, 0.05) is 5.54 Å². The third-order valence-electron chi connectivity index (χ3n) is 3.59. The fraction of sp³-hybridized carbons (Fsp3) is 0.615. The summed E-state index contributed by atoms with van der Waals surface area (Å²) in [6.45, 7) is 2.42. The lowest BCUT2D eigenvalue weighted by Crippen LogP contribution is -2.52. The number of nitrogens with two attached hydrogens (primary N) is 1. The van der Waals surface area contributed by atoms with E-state index in [0.717, 1.165) is 31.4 Å². The van der Waals surface area contributed by atoms with Crippen molar-refractivity contribution in [3.63, 3.8) is 0 Å². The molecular weight excluding hydrogens is 216 g/mol. The average Bonchev–Trinajstić information content (AvgIpc) is 2.78. The van der Waals surface area contributed by atoms with Crippen LogP contribution in [-0.2, 0) is 11.3 Å². The van der Waals surface area contributed by atoms with E-state index in [9.17, 15) is 4.79 Å². The van der Waals surface area contributed by atoms with E-state index < -0.39 is 0 Å². The summed E-state index contributed by atoms with van der Waals surface area (Å²) in [7, 11) is 0. The van der Waals surface area contributed by atoms with E-state index in [1.165, 1.54) is 0 Å². The number of amides is 1. The second-order valence-electron chi connectivity index (χ2n) is 5.10. The van der Waals surface area contributed by atoms with Crippen molar-refractivity contribution in [2.75, 3.05) is 0 Å². The summed E-state index contributed by atoms with van der Waals surface area (Å²) >= 11 is 0. The van der Waals surface area contributed by atoms with E-state index >= 15 is 0 Å². The number of furan rings is 1. The Hall–Kier alpha value is -1.29. The third-order valence-corrected chi connectivity index (χ3v) is 3.59. The van der Waals surface area contributed by atoms with Crippen LogP contribution in [0.3, 0.4) is 0 Å². The smallest absolute Gasteiger partial charge is 0.225 e. The van der Waals surface area contributed by atoms with Crippen LogP contribution in [0.2, 0.25) is 0 Å². The van der Waals surface area contributed by atoms with Crippen LogP contribution in [-0.4, -0.2) is 11.4 Å². The molecule has 94 valence electrons. The molecule has 1 aliphatic rings. The Morgan fingerprint density at radius 3 is 3.12 bits per heavy atom. The van der Waals surface area contributed by atoms with E-state index in [1.807, 2.05) is 19.1 Å². The number of nitrogens with one attached hydrogen (secondary N) is 1. The van der Waals surface area contributed by atoms with Gasteiger partial charge in [0.25, 0.3) is 0 Å². The molecule has 2 rings (SSSR count). The Kier molecular flexibility index (Phi) is 3.52. The van der Waals surface area contributed by atoms with Crippen LogP contribution in [0.15, 0.2) is 22.8 Å². The maximum atomic E-state index is 12.1. The van der Waals surface area contributed by atoms with Crippen LogP contribution >= 0.6 is 0 Å². The van der Waals surface area contributed by atoms with E-state index in [2.05, 4.69) is 5.32 Å². The summed E-state index contributed by atoms with van der Waals surface area (Å²) in [6.07, 6.45) is 5.62. The Balaban J connectivity index is 1.90. The standard InChI is InChI=1S/C13H20N2O2/c1-13(14)7-3-2-6-11(13)12(16)15-9-10-5-4-8-17-10/h4-5,8,11H,2-3,6-7,9,14H2,1H3,(H,15,16). The highest BCUT2D eigenvalue weighted by Crippen LogP contribution is 2.31. The van der Waals surface area contributed by atoms with Crippen molar-refractivity contribution in [3.8, 4) is 0 Å². The molecule has 0 radical (unpaired) electrons. The van der Waals surface area contributed by atoms with Gasteiger partial charge >= 0.3 is 0 Å². The fourth-order valence-corrected chi connectivity index (χ4v) is 2.50. The molecule has 1 aliphatic carbocycles. The van der Waals surface area contributed by atoms with Crippen LogP contribution in [0.25, 0.3) is 0 Å². The number of rotatable bonds is 3. The van der Waals surface area contributed by atoms with Crippen LogP contribution in [0.1, 0.15) is 38.4 Å². The van der Waals surface area contributed by atoms with Gasteiger partial charge in [-0.05, 0) is 31.9 Å². The molecule has 1 aromatic heterocycles. The lowest BCUT2D eigenvalue weighted by Gasteiger charge is -2.37. The van der Waals surface area contributed by atoms with Crippen LogP contribution in [0, 0.1) is 5.92 Å². The van der Waals surface area contributed by atoms with Crippen molar-refractivity contribution >= 4 is 5.91 Å². The number of hydrogen-bond donors (Lipinski definition) is 2. The molecule has 0 aliphatic heterocycles. The second kappa shape index (κ2) is 4.92. The highest BCUT2D eigenvalue weighted by molar-refractivity contribution is 5.80. The zero-order chi connectivity index (χ0) is 12.3. The Morgan fingerprint density at radius 2 is 2.47 bits per heavy atom. The minimum Gasteiger partial charge on any atom is -0.467 e. The minimum absolute atomic E-state index is 0.0473. The van der Waals surface area contributed by atoms with Crippen molar-refractivity contribution in [2.24, 2.45) is 11.7 Å². The predicted molar refractivity (Wildman–Crippen MR) is 65.1 cm³/mol. The summed E-state index contributed by atoms with van der Waals surface area (Å²) in [6, 6.07) is 3.66. The van der Waals surface area contributed by atoms with Gasteiger partial charge in [-0.3, -0.25) is 4.79 Å². The second-order valence-corrected chi connectivity index (χ2v) is 5.10. The monoisotopic (exact) mass is 236 g/mol. The predicted octanol–water partition coefficient (Wildman–Crippen LogP) is 1.80. The molecule has 1 fully saturated rings. The lowest BCUT2D eigenvalue weighted by molar-refractivity contribution is -0.128. The molecule has 2 atom stereocenters. The van der Waals surface area contributed by atoms with E-state index in [-0.39, 0.29) is 17.4 Å². The molecule has 0 bridgehead atoms. The zero-order valence-corrected chi connectivity index (χ0v) is 10.2. The molecule has 3 N–H and O–H groups in total. The summed E-state index contributed by atoms with van der Waals surface area (Å²) in [5.41, 5.74) is 5.82. The normalized spacial score (nSPS) is 28.9.